The van der Waals surface area contributed by atoms with E-state index in [1.54, 1.807) is 0 Å². The van der Waals surface area contributed by atoms with Crippen molar-refractivity contribution in [2.24, 2.45) is 39.3 Å². The zero-order chi connectivity index (χ0) is 45.5. The molecule has 5 saturated carbocycles. The number of aromatic hydroxyl groups is 1. The van der Waals surface area contributed by atoms with Crippen LogP contribution in [0.5, 0.6) is 11.5 Å². The summed E-state index contributed by atoms with van der Waals surface area (Å²) in [5.41, 5.74) is 11.1. The van der Waals surface area contributed by atoms with Gasteiger partial charge in [0.2, 0.25) is 5.91 Å². The Hall–Kier alpha value is -3.09. The molecule has 12 heteroatoms. The fourth-order valence-corrected chi connectivity index (χ4v) is 18.9. The van der Waals surface area contributed by atoms with Gasteiger partial charge in [0.1, 0.15) is 17.1 Å². The first-order valence-corrected chi connectivity index (χ1v) is 28.4. The molecule has 11 rings (SSSR count). The van der Waals surface area contributed by atoms with Gasteiger partial charge in [-0.3, -0.25) is 14.6 Å². The van der Waals surface area contributed by atoms with Crippen molar-refractivity contribution in [3.8, 4) is 11.5 Å². The molecule has 1 amide bonds. The number of amides is 1. The molecule has 3 spiro atoms. The number of phenols is 1. The first-order valence-electron chi connectivity index (χ1n) is 26.2. The Labute approximate surface area is 401 Å². The molecule has 4 aliphatic heterocycles. The fourth-order valence-electron chi connectivity index (χ4n) is 14.9. The lowest BCUT2D eigenvalue weighted by atomic mass is 9.68. The number of nitrogens with zero attached hydrogens (tertiary/aromatic N) is 2. The molecular weight excluding hydrogens is 865 g/mol. The van der Waals surface area contributed by atoms with E-state index in [1.165, 1.54) is 76.7 Å². The Morgan fingerprint density at radius 2 is 1.70 bits per heavy atom. The van der Waals surface area contributed by atoms with Crippen molar-refractivity contribution in [1.82, 2.24) is 10.2 Å². The molecule has 5 N–H and O–H groups in total. The lowest BCUT2D eigenvalue weighted by Crippen LogP contribution is -2.56. The number of fused-ring (bicyclic) bond motifs is 13. The number of hydrogen-bond donors (Lipinski definition) is 4. The van der Waals surface area contributed by atoms with Gasteiger partial charge in [-0.1, -0.05) is 64.8 Å². The minimum atomic E-state index is -0.554. The van der Waals surface area contributed by atoms with Crippen LogP contribution in [0.25, 0.3) is 0 Å². The summed E-state index contributed by atoms with van der Waals surface area (Å²) in [6.45, 7) is 2.92. The van der Waals surface area contributed by atoms with Gasteiger partial charge < -0.3 is 35.6 Å². The molecule has 66 heavy (non-hydrogen) atoms. The van der Waals surface area contributed by atoms with Crippen LogP contribution < -0.4 is 15.8 Å². The lowest BCUT2D eigenvalue weighted by Gasteiger charge is -2.45. The Bertz CT molecular complexity index is 2090. The van der Waals surface area contributed by atoms with Gasteiger partial charge in [0.15, 0.2) is 17.5 Å². The van der Waals surface area contributed by atoms with Crippen LogP contribution in [0, 0.1) is 28.6 Å². The van der Waals surface area contributed by atoms with Crippen LogP contribution >= 0.6 is 21.6 Å². The highest BCUT2D eigenvalue weighted by molar-refractivity contribution is 8.77. The minimum absolute atomic E-state index is 0.0721. The SMILES string of the molecule is CC(=O)OC1CCc2cc(c(O)c3c2CCC2CCCC2O3)CN2CC3(CC2=O)C(CCC3c2ccccc2)CN=C(N)NC2(CCCC23CCCC3)SSC2CCC(CCC(O)C1)CC2. The molecule has 8 atom stereocenters. The number of guanidine groups is 1. The number of hydrogen-bond acceptors (Lipinski definition) is 11. The Balaban J connectivity index is 0.994. The molecule has 8 unspecified atom stereocenters. The first-order chi connectivity index (χ1) is 32.0. The second-order valence-corrected chi connectivity index (χ2v) is 25.0. The third-order valence-electron chi connectivity index (χ3n) is 18.4. The maximum absolute atomic E-state index is 14.6. The number of nitrogens with one attached hydrogen (secondary N) is 1. The molecule has 5 aliphatic carbocycles. The molecule has 0 aromatic heterocycles. The largest absolute Gasteiger partial charge is 0.504 e. The van der Waals surface area contributed by atoms with E-state index < -0.39 is 12.2 Å². The van der Waals surface area contributed by atoms with E-state index in [2.05, 4.69) is 63.3 Å². The highest BCUT2D eigenvalue weighted by Gasteiger charge is 2.58. The molecule has 2 aromatic rings. The number of carbonyl (C=O) groups excluding carboxylic acids is 2. The van der Waals surface area contributed by atoms with Crippen LogP contribution in [0.15, 0.2) is 41.4 Å². The van der Waals surface area contributed by atoms with Crippen molar-refractivity contribution in [1.29, 1.82) is 0 Å². The summed E-state index contributed by atoms with van der Waals surface area (Å²) in [6, 6.07) is 12.9. The number of aryl methyl sites for hydroxylation is 1. The van der Waals surface area contributed by atoms with Crippen LogP contribution in [0.1, 0.15) is 176 Å². The monoisotopic (exact) mass is 941 g/mol. The summed E-state index contributed by atoms with van der Waals surface area (Å²) in [5, 5.41) is 28.3. The van der Waals surface area contributed by atoms with Crippen molar-refractivity contribution in [2.45, 2.75) is 202 Å². The van der Waals surface area contributed by atoms with Crippen LogP contribution in [0.3, 0.4) is 0 Å². The number of ether oxygens (including phenoxy) is 2. The number of benzene rings is 2. The van der Waals surface area contributed by atoms with E-state index in [4.69, 9.17) is 20.2 Å². The molecule has 1 saturated heterocycles. The number of aliphatic imine (C=N–C) groups is 1. The fraction of sp³-hybridized carbons (Fsp3) is 0.722. The lowest BCUT2D eigenvalue weighted by molar-refractivity contribution is -0.148. The number of aliphatic hydroxyl groups is 1. The third kappa shape index (κ3) is 9.35. The maximum Gasteiger partial charge on any atom is 0.302 e. The summed E-state index contributed by atoms with van der Waals surface area (Å²) in [4.78, 5) is 34.3. The van der Waals surface area contributed by atoms with E-state index in [0.717, 1.165) is 68.9 Å². The predicted molar refractivity (Wildman–Crippen MR) is 264 cm³/mol. The molecule has 4 heterocycles. The number of aliphatic hydroxyl groups excluding tert-OH is 1. The third-order valence-corrected chi connectivity index (χ3v) is 22.2. The van der Waals surface area contributed by atoms with Crippen molar-refractivity contribution in [3.63, 3.8) is 0 Å². The minimum Gasteiger partial charge on any atom is -0.504 e. The van der Waals surface area contributed by atoms with Gasteiger partial charge in [0.25, 0.3) is 0 Å². The molecule has 9 aliphatic rings. The predicted octanol–water partition coefficient (Wildman–Crippen LogP) is 10.5. The maximum atomic E-state index is 14.6. The molecule has 2 aromatic carbocycles. The van der Waals surface area contributed by atoms with Gasteiger partial charge >= 0.3 is 5.97 Å². The number of rotatable bonds is 2. The van der Waals surface area contributed by atoms with Gasteiger partial charge in [0, 0.05) is 66.6 Å². The topological polar surface area (TPSA) is 147 Å². The van der Waals surface area contributed by atoms with E-state index in [9.17, 15) is 19.8 Å². The van der Waals surface area contributed by atoms with Gasteiger partial charge in [-0.15, -0.1) is 0 Å². The van der Waals surface area contributed by atoms with Crippen LogP contribution in [-0.4, -0.2) is 74.5 Å². The molecule has 10 nitrogen and oxygen atoms in total. The van der Waals surface area contributed by atoms with Crippen LogP contribution in [0.4, 0.5) is 0 Å². The molecule has 0 radical (unpaired) electrons. The van der Waals surface area contributed by atoms with Gasteiger partial charge in [-0.05, 0) is 169 Å². The second kappa shape index (κ2) is 19.7. The summed E-state index contributed by atoms with van der Waals surface area (Å²) >= 11 is 0. The Morgan fingerprint density at radius 3 is 2.50 bits per heavy atom. The molecule has 360 valence electrons. The van der Waals surface area contributed by atoms with Crippen molar-refractivity contribution in [2.75, 3.05) is 13.1 Å². The standard InChI is InChI=1S/C54H76N4O6S2/c1-35(59)63-43-20-16-39-29-40(49(62)50-45(39)23-17-38-11-7-12-47(38)64-50)33-58-34-53(31-48(58)61)41(18-24-46(53)37-9-3-2-4-10-37)32-56-51(55)57-54(28-8-27-52(54)25-5-6-26-52)66-65-44-21-14-36(15-22-44)13-19-42(60)30-43/h2-4,9-10,29,36,38,41-44,46-47,60,62H,5-8,11-28,30-34H2,1H3,(H3,55,56,57). The summed E-state index contributed by atoms with van der Waals surface area (Å²) in [5.74, 6) is 2.50. The van der Waals surface area contributed by atoms with Crippen LogP contribution in [-0.2, 0) is 33.7 Å². The van der Waals surface area contributed by atoms with Crippen molar-refractivity contribution >= 4 is 39.4 Å². The van der Waals surface area contributed by atoms with E-state index in [-0.39, 0.29) is 51.3 Å². The van der Waals surface area contributed by atoms with Crippen molar-refractivity contribution < 1.29 is 29.3 Å². The van der Waals surface area contributed by atoms with Gasteiger partial charge in [-0.2, -0.15) is 0 Å². The second-order valence-electron chi connectivity index (χ2n) is 22.2. The zero-order valence-corrected chi connectivity index (χ0v) is 41.1. The number of phenolic OH excluding ortho intramolecular Hbond substituents is 1. The van der Waals surface area contributed by atoms with Crippen molar-refractivity contribution in [3.05, 3.63) is 58.7 Å². The highest BCUT2D eigenvalue weighted by Crippen LogP contribution is 2.64. The van der Waals surface area contributed by atoms with E-state index in [0.29, 0.717) is 86.1 Å². The average Bonchev–Trinajstić information content (AvgIpc) is 4.15. The normalized spacial score (nSPS) is 36.2. The summed E-state index contributed by atoms with van der Waals surface area (Å²) in [7, 11) is 4.17. The van der Waals surface area contributed by atoms with Gasteiger partial charge in [0.05, 0.1) is 6.10 Å². The van der Waals surface area contributed by atoms with E-state index in [1.807, 2.05) is 4.90 Å². The number of esters is 1. The molecular formula is C54H76N4O6S2. The van der Waals surface area contributed by atoms with Gasteiger partial charge in [-0.25, -0.2) is 0 Å². The first kappa shape index (κ1) is 46.6. The molecule has 6 bridgehead atoms. The Kier molecular flexibility index (Phi) is 13.9. The number of carbonyl (C=O) groups is 2. The van der Waals surface area contributed by atoms with E-state index >= 15 is 0 Å². The highest BCUT2D eigenvalue weighted by atomic mass is 33.1. The van der Waals surface area contributed by atoms with Crippen LogP contribution in [0.2, 0.25) is 0 Å². The average molecular weight is 941 g/mol. The Morgan fingerprint density at radius 1 is 0.909 bits per heavy atom. The summed E-state index contributed by atoms with van der Waals surface area (Å²) in [6.07, 6.45) is 23.1. The summed E-state index contributed by atoms with van der Waals surface area (Å²) < 4.78 is 12.8. The molecule has 6 fully saturated rings. The number of nitrogens with two attached hydrogens (primary N) is 1. The quantitative estimate of drug-likeness (QED) is 0.170. The smallest absolute Gasteiger partial charge is 0.302 e. The zero-order valence-electron chi connectivity index (χ0n) is 39.5.